The second-order valence-electron chi connectivity index (χ2n) is 4.50. The van der Waals surface area contributed by atoms with E-state index in [0.29, 0.717) is 18.1 Å². The van der Waals surface area contributed by atoms with Crippen LogP contribution in [-0.2, 0) is 6.42 Å². The van der Waals surface area contributed by atoms with E-state index in [1.807, 2.05) is 48.5 Å². The Balaban J connectivity index is 2.06. The molecule has 0 spiro atoms. The molecule has 4 nitrogen and oxygen atoms in total. The van der Waals surface area contributed by atoms with Crippen LogP contribution >= 0.6 is 11.6 Å². The van der Waals surface area contributed by atoms with Crippen molar-refractivity contribution < 1.29 is 9.84 Å². The van der Waals surface area contributed by atoms with Gasteiger partial charge in [-0.05, 0) is 41.8 Å². The lowest BCUT2D eigenvalue weighted by Crippen LogP contribution is -1.97. The highest BCUT2D eigenvalue weighted by Gasteiger charge is 2.10. The number of aromatic nitrogens is 2. The normalized spacial score (nSPS) is 10.8. The van der Waals surface area contributed by atoms with E-state index in [-0.39, 0.29) is 11.9 Å². The molecule has 0 unspecified atom stereocenters. The Morgan fingerprint density at radius 2 is 1.76 bits per heavy atom. The summed E-state index contributed by atoms with van der Waals surface area (Å²) >= 11 is 5.95. The highest BCUT2D eigenvalue weighted by molar-refractivity contribution is 6.28. The van der Waals surface area contributed by atoms with Gasteiger partial charge >= 0.3 is 0 Å². The minimum Gasteiger partial charge on any atom is -0.438 e. The van der Waals surface area contributed by atoms with E-state index in [1.165, 1.54) is 0 Å². The molecule has 0 radical (unpaired) electrons. The number of hydrogen-bond acceptors (Lipinski definition) is 4. The zero-order valence-electron chi connectivity index (χ0n) is 11.2. The lowest BCUT2D eigenvalue weighted by Gasteiger charge is -2.11. The molecule has 0 bridgehead atoms. The zero-order valence-corrected chi connectivity index (χ0v) is 11.9. The molecule has 2 aromatic carbocycles. The Morgan fingerprint density at radius 3 is 2.62 bits per heavy atom. The third-order valence-corrected chi connectivity index (χ3v) is 3.27. The van der Waals surface area contributed by atoms with E-state index >= 15 is 0 Å². The first-order valence-electron chi connectivity index (χ1n) is 6.57. The highest BCUT2D eigenvalue weighted by Crippen LogP contribution is 2.30. The molecular weight excluding hydrogens is 288 g/mol. The van der Waals surface area contributed by atoms with Crippen LogP contribution in [0.3, 0.4) is 0 Å². The first-order chi connectivity index (χ1) is 10.3. The van der Waals surface area contributed by atoms with Gasteiger partial charge < -0.3 is 9.84 Å². The van der Waals surface area contributed by atoms with Crippen molar-refractivity contribution in [2.75, 3.05) is 6.61 Å². The summed E-state index contributed by atoms with van der Waals surface area (Å²) in [7, 11) is 0. The molecule has 0 amide bonds. The third-order valence-electron chi connectivity index (χ3n) is 3.10. The first kappa shape index (κ1) is 13.8. The number of benzene rings is 2. The number of nitrogens with zero attached hydrogens (tertiary/aromatic N) is 2. The van der Waals surface area contributed by atoms with Gasteiger partial charge in [0.2, 0.25) is 11.2 Å². The van der Waals surface area contributed by atoms with Crippen LogP contribution in [0.15, 0.2) is 48.5 Å². The Kier molecular flexibility index (Phi) is 3.99. The van der Waals surface area contributed by atoms with Gasteiger partial charge in [-0.25, -0.2) is 4.98 Å². The molecule has 3 aromatic rings. The van der Waals surface area contributed by atoms with E-state index < -0.39 is 0 Å². The van der Waals surface area contributed by atoms with Gasteiger partial charge in [-0.1, -0.05) is 30.3 Å². The van der Waals surface area contributed by atoms with Gasteiger partial charge in [-0.2, -0.15) is 4.98 Å². The molecule has 1 heterocycles. The number of para-hydroxylation sites is 2. The molecule has 21 heavy (non-hydrogen) atoms. The van der Waals surface area contributed by atoms with Crippen LogP contribution in [0.4, 0.5) is 0 Å². The van der Waals surface area contributed by atoms with Crippen LogP contribution in [0.2, 0.25) is 5.28 Å². The number of aliphatic hydroxyl groups excluding tert-OH is 1. The molecule has 0 aliphatic carbocycles. The summed E-state index contributed by atoms with van der Waals surface area (Å²) < 4.78 is 5.91. The third kappa shape index (κ3) is 2.96. The quantitative estimate of drug-likeness (QED) is 0.748. The summed E-state index contributed by atoms with van der Waals surface area (Å²) in [6, 6.07) is 15.1. The fourth-order valence-corrected chi connectivity index (χ4v) is 2.30. The summed E-state index contributed by atoms with van der Waals surface area (Å²) in [5, 5.41) is 10.1. The maximum atomic E-state index is 9.12. The second-order valence-corrected chi connectivity index (χ2v) is 4.84. The number of fused-ring (bicyclic) bond motifs is 1. The average molecular weight is 301 g/mol. The van der Waals surface area contributed by atoms with Crippen molar-refractivity contribution in [1.29, 1.82) is 0 Å². The predicted molar refractivity (Wildman–Crippen MR) is 81.9 cm³/mol. The topological polar surface area (TPSA) is 55.2 Å². The van der Waals surface area contributed by atoms with E-state index in [2.05, 4.69) is 9.97 Å². The molecule has 1 aromatic heterocycles. The van der Waals surface area contributed by atoms with Crippen molar-refractivity contribution >= 4 is 22.5 Å². The van der Waals surface area contributed by atoms with E-state index in [9.17, 15) is 0 Å². The molecule has 0 fully saturated rings. The molecule has 5 heteroatoms. The zero-order chi connectivity index (χ0) is 14.7. The second kappa shape index (κ2) is 6.08. The van der Waals surface area contributed by atoms with E-state index in [4.69, 9.17) is 21.4 Å². The molecule has 106 valence electrons. The molecule has 0 atom stereocenters. The summed E-state index contributed by atoms with van der Waals surface area (Å²) in [5.41, 5.74) is 1.64. The van der Waals surface area contributed by atoms with Crippen molar-refractivity contribution in [1.82, 2.24) is 9.97 Å². The van der Waals surface area contributed by atoms with Crippen LogP contribution < -0.4 is 4.74 Å². The summed E-state index contributed by atoms with van der Waals surface area (Å²) in [6.07, 6.45) is 0.521. The van der Waals surface area contributed by atoms with Crippen LogP contribution in [-0.4, -0.2) is 21.7 Å². The van der Waals surface area contributed by atoms with Crippen molar-refractivity contribution in [3.8, 4) is 11.6 Å². The lowest BCUT2D eigenvalue weighted by atomic mass is 10.1. The van der Waals surface area contributed by atoms with Gasteiger partial charge in [0.05, 0.1) is 10.9 Å². The fourth-order valence-electron chi connectivity index (χ4n) is 2.13. The molecule has 3 rings (SSSR count). The van der Waals surface area contributed by atoms with Gasteiger partial charge in [0.15, 0.2) is 0 Å². The average Bonchev–Trinajstić information content (AvgIpc) is 2.49. The standard InChI is InChI=1S/C16H13ClN2O2/c17-16-18-13-7-3-2-6-12(13)15(19-16)21-14-8-4-1-5-11(14)9-10-20/h1-8,20H,9-10H2. The Bertz CT molecular complexity index is 777. The van der Waals surface area contributed by atoms with Gasteiger partial charge in [0.25, 0.3) is 0 Å². The molecular formula is C16H13ClN2O2. The summed E-state index contributed by atoms with van der Waals surface area (Å²) in [5.74, 6) is 1.07. The molecule has 0 saturated heterocycles. The smallest absolute Gasteiger partial charge is 0.231 e. The van der Waals surface area contributed by atoms with Gasteiger partial charge in [0.1, 0.15) is 5.75 Å². The van der Waals surface area contributed by atoms with Crippen LogP contribution in [0.1, 0.15) is 5.56 Å². The predicted octanol–water partition coefficient (Wildman–Crippen LogP) is 3.61. The lowest BCUT2D eigenvalue weighted by molar-refractivity contribution is 0.297. The fraction of sp³-hybridized carbons (Fsp3) is 0.125. The Hall–Kier alpha value is -2.17. The van der Waals surface area contributed by atoms with Crippen LogP contribution in [0.25, 0.3) is 10.9 Å². The Labute approximate surface area is 127 Å². The minimum absolute atomic E-state index is 0.0612. The van der Waals surface area contributed by atoms with Gasteiger partial charge in [-0.3, -0.25) is 0 Å². The molecule has 1 N–H and O–H groups in total. The van der Waals surface area contributed by atoms with Gasteiger partial charge in [-0.15, -0.1) is 0 Å². The SMILES string of the molecule is OCCc1ccccc1Oc1nc(Cl)nc2ccccc12. The van der Waals surface area contributed by atoms with E-state index in [0.717, 1.165) is 16.5 Å². The van der Waals surface area contributed by atoms with Crippen LogP contribution in [0, 0.1) is 0 Å². The van der Waals surface area contributed by atoms with Crippen molar-refractivity contribution in [2.45, 2.75) is 6.42 Å². The van der Waals surface area contributed by atoms with Crippen molar-refractivity contribution in [2.24, 2.45) is 0 Å². The number of rotatable bonds is 4. The summed E-state index contributed by atoms with van der Waals surface area (Å²) in [6.45, 7) is 0.0612. The minimum atomic E-state index is 0.0612. The van der Waals surface area contributed by atoms with Crippen molar-refractivity contribution in [3.05, 3.63) is 59.4 Å². The Morgan fingerprint density at radius 1 is 1.00 bits per heavy atom. The summed E-state index contributed by atoms with van der Waals surface area (Å²) in [4.78, 5) is 8.34. The number of hydrogen-bond donors (Lipinski definition) is 1. The molecule has 0 aliphatic heterocycles. The number of halogens is 1. The maximum absolute atomic E-state index is 9.12. The van der Waals surface area contributed by atoms with Crippen molar-refractivity contribution in [3.63, 3.8) is 0 Å². The van der Waals surface area contributed by atoms with E-state index in [1.54, 1.807) is 0 Å². The van der Waals surface area contributed by atoms with Gasteiger partial charge in [0, 0.05) is 6.61 Å². The molecule has 0 saturated carbocycles. The van der Waals surface area contributed by atoms with Crippen LogP contribution in [0.5, 0.6) is 11.6 Å². The monoisotopic (exact) mass is 300 g/mol. The first-order valence-corrected chi connectivity index (χ1v) is 6.94. The highest BCUT2D eigenvalue weighted by atomic mass is 35.5. The number of ether oxygens (including phenoxy) is 1. The maximum Gasteiger partial charge on any atom is 0.231 e. The molecule has 0 aliphatic rings. The number of aliphatic hydroxyl groups is 1. The largest absolute Gasteiger partial charge is 0.438 e.